The molecule has 2 aliphatic heterocycles. The van der Waals surface area contributed by atoms with Crippen LogP contribution in [0.25, 0.3) is 5.76 Å². The second-order valence-electron chi connectivity index (χ2n) is 9.20. The number of hydrogen-bond donors (Lipinski definition) is 1. The van der Waals surface area contributed by atoms with E-state index >= 15 is 0 Å². The lowest BCUT2D eigenvalue weighted by atomic mass is 9.94. The average Bonchev–Trinajstić information content (AvgIpc) is 3.08. The molecule has 7 heteroatoms. The van der Waals surface area contributed by atoms with Crippen LogP contribution in [0.2, 0.25) is 0 Å². The van der Waals surface area contributed by atoms with E-state index in [-0.39, 0.29) is 11.3 Å². The van der Waals surface area contributed by atoms with E-state index in [1.165, 1.54) is 5.56 Å². The monoisotopic (exact) mass is 463 g/mol. The Morgan fingerprint density at radius 1 is 1.15 bits per heavy atom. The van der Waals surface area contributed by atoms with Crippen molar-refractivity contribution < 1.29 is 19.4 Å². The molecule has 4 rings (SSSR count). The minimum atomic E-state index is -0.644. The van der Waals surface area contributed by atoms with Crippen LogP contribution in [-0.4, -0.2) is 74.0 Å². The molecule has 0 spiro atoms. The Balaban J connectivity index is 1.79. The summed E-state index contributed by atoms with van der Waals surface area (Å²) in [5, 5.41) is 11.4. The van der Waals surface area contributed by atoms with Gasteiger partial charge in [-0.05, 0) is 62.8 Å². The quantitative estimate of drug-likeness (QED) is 0.385. The number of aryl methyl sites for hydroxylation is 1. The van der Waals surface area contributed by atoms with Crippen molar-refractivity contribution in [1.29, 1.82) is 0 Å². The van der Waals surface area contributed by atoms with Crippen LogP contribution in [0.3, 0.4) is 0 Å². The van der Waals surface area contributed by atoms with E-state index in [0.717, 1.165) is 42.9 Å². The normalized spacial score (nSPS) is 19.5. The molecule has 7 nitrogen and oxygen atoms in total. The predicted octanol–water partition coefficient (Wildman–Crippen LogP) is 3.45. The summed E-state index contributed by atoms with van der Waals surface area (Å²) >= 11 is 0. The standard InChI is InChI=1S/C27H33N3O4/c1-5-18-7-9-19(10-8-18)24-23(26(32)27(33)30(24)14-6-13-28(2)3)25(31)20-11-12-22-21(17-20)29(4)15-16-34-22/h7-12,17,24,31H,5-6,13-16H2,1-4H3/b25-23-. The maximum Gasteiger partial charge on any atom is 0.295 e. The van der Waals surface area contributed by atoms with Gasteiger partial charge in [-0.25, -0.2) is 0 Å². The fourth-order valence-electron chi connectivity index (χ4n) is 4.60. The fourth-order valence-corrected chi connectivity index (χ4v) is 4.60. The van der Waals surface area contributed by atoms with Crippen molar-refractivity contribution in [2.75, 3.05) is 52.3 Å². The highest BCUT2D eigenvalue weighted by Gasteiger charge is 2.45. The summed E-state index contributed by atoms with van der Waals surface area (Å²) in [4.78, 5) is 32.0. The molecular formula is C27H33N3O4. The average molecular weight is 464 g/mol. The van der Waals surface area contributed by atoms with Crippen LogP contribution >= 0.6 is 0 Å². The molecule has 0 saturated carbocycles. The summed E-state index contributed by atoms with van der Waals surface area (Å²) in [5.41, 5.74) is 3.47. The SMILES string of the molecule is CCc1ccc(C2/C(=C(/O)c3ccc4c(c3)N(C)CCO4)C(=O)C(=O)N2CCCN(C)C)cc1. The zero-order chi connectivity index (χ0) is 24.4. The van der Waals surface area contributed by atoms with E-state index in [1.54, 1.807) is 17.0 Å². The van der Waals surface area contributed by atoms with Crippen molar-refractivity contribution in [3.63, 3.8) is 0 Å². The Labute approximate surface area is 201 Å². The van der Waals surface area contributed by atoms with Crippen molar-refractivity contribution in [3.05, 3.63) is 64.7 Å². The Hall–Kier alpha value is -3.32. The molecule has 1 N–H and O–H groups in total. The summed E-state index contributed by atoms with van der Waals surface area (Å²) in [6.45, 7) is 4.64. The fraction of sp³-hybridized carbons (Fsp3) is 0.407. The summed E-state index contributed by atoms with van der Waals surface area (Å²) < 4.78 is 5.71. The number of likely N-dealkylation sites (tertiary alicyclic amines) is 1. The van der Waals surface area contributed by atoms with E-state index in [1.807, 2.05) is 56.4 Å². The van der Waals surface area contributed by atoms with Crippen molar-refractivity contribution in [2.45, 2.75) is 25.8 Å². The number of amides is 1. The number of carbonyl (C=O) groups excluding carboxylic acids is 2. The Morgan fingerprint density at radius 2 is 1.88 bits per heavy atom. The maximum absolute atomic E-state index is 13.2. The first kappa shape index (κ1) is 23.8. The molecule has 0 radical (unpaired) electrons. The number of Topliss-reactive ketones (excluding diaryl/α,β-unsaturated/α-hetero) is 1. The lowest BCUT2D eigenvalue weighted by Crippen LogP contribution is -2.32. The number of ketones is 1. The zero-order valence-electron chi connectivity index (χ0n) is 20.4. The van der Waals surface area contributed by atoms with Gasteiger partial charge in [-0.2, -0.15) is 0 Å². The molecule has 1 fully saturated rings. The third-order valence-electron chi connectivity index (χ3n) is 6.58. The number of aliphatic hydroxyl groups excluding tert-OH is 1. The van der Waals surface area contributed by atoms with Gasteiger partial charge in [0, 0.05) is 19.2 Å². The van der Waals surface area contributed by atoms with Gasteiger partial charge >= 0.3 is 0 Å². The highest BCUT2D eigenvalue weighted by molar-refractivity contribution is 6.46. The van der Waals surface area contributed by atoms with Crippen LogP contribution in [0.15, 0.2) is 48.0 Å². The van der Waals surface area contributed by atoms with Crippen molar-refractivity contribution in [2.24, 2.45) is 0 Å². The third kappa shape index (κ3) is 4.53. The van der Waals surface area contributed by atoms with Gasteiger partial charge in [0.1, 0.15) is 18.1 Å². The summed E-state index contributed by atoms with van der Waals surface area (Å²) in [6, 6.07) is 12.7. The number of fused-ring (bicyclic) bond motifs is 1. The van der Waals surface area contributed by atoms with E-state index in [0.29, 0.717) is 18.7 Å². The number of rotatable bonds is 7. The smallest absolute Gasteiger partial charge is 0.295 e. The molecule has 1 saturated heterocycles. The van der Waals surface area contributed by atoms with E-state index in [4.69, 9.17) is 4.74 Å². The van der Waals surface area contributed by atoms with Crippen molar-refractivity contribution >= 4 is 23.1 Å². The third-order valence-corrected chi connectivity index (χ3v) is 6.58. The first-order valence-electron chi connectivity index (χ1n) is 11.8. The van der Waals surface area contributed by atoms with Crippen LogP contribution in [0.4, 0.5) is 5.69 Å². The highest BCUT2D eigenvalue weighted by Crippen LogP contribution is 2.41. The summed E-state index contributed by atoms with van der Waals surface area (Å²) in [5.74, 6) is -0.626. The molecule has 2 aromatic carbocycles. The van der Waals surface area contributed by atoms with E-state index in [2.05, 4.69) is 11.8 Å². The first-order chi connectivity index (χ1) is 16.3. The maximum atomic E-state index is 13.2. The van der Waals surface area contributed by atoms with Crippen LogP contribution in [0, 0.1) is 0 Å². The van der Waals surface area contributed by atoms with Crippen LogP contribution < -0.4 is 9.64 Å². The lowest BCUT2D eigenvalue weighted by molar-refractivity contribution is -0.139. The first-order valence-corrected chi connectivity index (χ1v) is 11.8. The molecule has 1 amide bonds. The Kier molecular flexibility index (Phi) is 6.93. The number of aliphatic hydroxyl groups is 1. The van der Waals surface area contributed by atoms with E-state index in [9.17, 15) is 14.7 Å². The molecule has 180 valence electrons. The minimum absolute atomic E-state index is 0.137. The molecule has 0 aromatic heterocycles. The zero-order valence-corrected chi connectivity index (χ0v) is 20.4. The van der Waals surface area contributed by atoms with Gasteiger partial charge in [0.05, 0.1) is 23.8 Å². The van der Waals surface area contributed by atoms with E-state index < -0.39 is 17.7 Å². The summed E-state index contributed by atoms with van der Waals surface area (Å²) in [6.07, 6.45) is 1.62. The molecule has 1 unspecified atom stereocenters. The van der Waals surface area contributed by atoms with Gasteiger partial charge in [0.2, 0.25) is 0 Å². The number of ether oxygens (including phenoxy) is 1. The topological polar surface area (TPSA) is 73.3 Å². The molecule has 0 aliphatic carbocycles. The van der Waals surface area contributed by atoms with Crippen LogP contribution in [0.5, 0.6) is 5.75 Å². The van der Waals surface area contributed by atoms with Gasteiger partial charge in [0.15, 0.2) is 0 Å². The number of nitrogens with zero attached hydrogens (tertiary/aromatic N) is 3. The lowest BCUT2D eigenvalue weighted by Gasteiger charge is -2.28. The molecule has 1 atom stereocenters. The number of benzene rings is 2. The Bertz CT molecular complexity index is 1110. The van der Waals surface area contributed by atoms with Crippen molar-refractivity contribution in [1.82, 2.24) is 9.80 Å². The van der Waals surface area contributed by atoms with Gasteiger partial charge in [0.25, 0.3) is 11.7 Å². The van der Waals surface area contributed by atoms with Gasteiger partial charge in [-0.15, -0.1) is 0 Å². The molecule has 0 bridgehead atoms. The number of likely N-dealkylation sites (N-methyl/N-ethyl adjacent to an activating group) is 1. The van der Waals surface area contributed by atoms with Crippen molar-refractivity contribution in [3.8, 4) is 5.75 Å². The Morgan fingerprint density at radius 3 is 2.56 bits per heavy atom. The highest BCUT2D eigenvalue weighted by atomic mass is 16.5. The molecule has 34 heavy (non-hydrogen) atoms. The second kappa shape index (κ2) is 9.89. The second-order valence-corrected chi connectivity index (χ2v) is 9.20. The van der Waals surface area contributed by atoms with Crippen LogP contribution in [-0.2, 0) is 16.0 Å². The predicted molar refractivity (Wildman–Crippen MR) is 133 cm³/mol. The van der Waals surface area contributed by atoms with Gasteiger partial charge in [-0.3, -0.25) is 9.59 Å². The summed E-state index contributed by atoms with van der Waals surface area (Å²) in [7, 11) is 5.92. The molecular weight excluding hydrogens is 430 g/mol. The van der Waals surface area contributed by atoms with Gasteiger partial charge in [-0.1, -0.05) is 31.2 Å². The molecule has 2 aliphatic rings. The number of anilines is 1. The minimum Gasteiger partial charge on any atom is -0.507 e. The van der Waals surface area contributed by atoms with Gasteiger partial charge < -0.3 is 24.5 Å². The number of carbonyl (C=O) groups is 2. The number of hydrogen-bond acceptors (Lipinski definition) is 6. The molecule has 2 heterocycles. The molecule has 2 aromatic rings. The largest absolute Gasteiger partial charge is 0.507 e. The van der Waals surface area contributed by atoms with Crippen LogP contribution in [0.1, 0.15) is 36.1 Å².